The summed E-state index contributed by atoms with van der Waals surface area (Å²) >= 11 is 1.39. The van der Waals surface area contributed by atoms with Crippen molar-refractivity contribution in [3.05, 3.63) is 57.5 Å². The number of hydrogen-bond donors (Lipinski definition) is 1. The fourth-order valence-electron chi connectivity index (χ4n) is 2.51. The fraction of sp³-hybridized carbons (Fsp3) is 0.278. The van der Waals surface area contributed by atoms with Crippen LogP contribution in [0.2, 0.25) is 0 Å². The van der Waals surface area contributed by atoms with Gasteiger partial charge in [0.1, 0.15) is 0 Å². The lowest BCUT2D eigenvalue weighted by molar-refractivity contribution is -0.384. The van der Waals surface area contributed by atoms with Crippen molar-refractivity contribution in [3.63, 3.8) is 0 Å². The Balaban J connectivity index is 1.60. The summed E-state index contributed by atoms with van der Waals surface area (Å²) in [5, 5.41) is 13.9. The van der Waals surface area contributed by atoms with Gasteiger partial charge >= 0.3 is 0 Å². The lowest BCUT2D eigenvalue weighted by Gasteiger charge is -2.22. The molecule has 0 aliphatic carbocycles. The molecule has 1 N–H and O–H groups in total. The van der Waals surface area contributed by atoms with Crippen molar-refractivity contribution in [1.29, 1.82) is 0 Å². The second kappa shape index (κ2) is 8.70. The van der Waals surface area contributed by atoms with E-state index in [2.05, 4.69) is 5.32 Å². The highest BCUT2D eigenvalue weighted by molar-refractivity contribution is 7.16. The van der Waals surface area contributed by atoms with Gasteiger partial charge in [0.15, 0.2) is 0 Å². The molecule has 1 aliphatic heterocycles. The molecular weight excluding hydrogens is 356 g/mol. The minimum atomic E-state index is -0.394. The van der Waals surface area contributed by atoms with Crippen molar-refractivity contribution in [1.82, 2.24) is 5.32 Å². The minimum Gasteiger partial charge on any atom is -0.376 e. The highest BCUT2D eigenvalue weighted by atomic mass is 32.1. The van der Waals surface area contributed by atoms with Crippen molar-refractivity contribution < 1.29 is 19.2 Å². The Hall–Kier alpha value is -2.55. The highest BCUT2D eigenvalue weighted by Crippen LogP contribution is 2.34. The number of nitrogens with zero attached hydrogens (tertiary/aromatic N) is 1. The number of nitrogens with one attached hydrogen (secondary N) is 1. The zero-order valence-corrected chi connectivity index (χ0v) is 14.7. The summed E-state index contributed by atoms with van der Waals surface area (Å²) in [7, 11) is 0. The molecule has 1 atom stereocenters. The van der Waals surface area contributed by atoms with Crippen LogP contribution in [0.4, 0.5) is 5.69 Å². The van der Waals surface area contributed by atoms with E-state index in [4.69, 9.17) is 9.47 Å². The first-order chi connectivity index (χ1) is 12.6. The number of nitro benzene ring substituents is 1. The van der Waals surface area contributed by atoms with Crippen molar-refractivity contribution in [2.24, 2.45) is 0 Å². The first-order valence-corrected chi connectivity index (χ1v) is 8.94. The Bertz CT molecular complexity index is 811. The summed E-state index contributed by atoms with van der Waals surface area (Å²) in [4.78, 5) is 24.3. The van der Waals surface area contributed by atoms with E-state index in [0.717, 1.165) is 9.75 Å². The number of carbonyl (C=O) groups is 1. The monoisotopic (exact) mass is 374 g/mol. The van der Waals surface area contributed by atoms with Gasteiger partial charge in [0.2, 0.25) is 5.91 Å². The second-order valence-electron chi connectivity index (χ2n) is 5.62. The normalized spacial score (nSPS) is 17.3. The molecule has 0 saturated carbocycles. The van der Waals surface area contributed by atoms with Crippen LogP contribution in [0.25, 0.3) is 16.5 Å². The lowest BCUT2D eigenvalue weighted by atomic mass is 10.1. The fourth-order valence-corrected chi connectivity index (χ4v) is 3.46. The predicted molar refractivity (Wildman–Crippen MR) is 99.0 cm³/mol. The standard InChI is InChI=1S/C18H18N2O5S/c21-18(19-11-13-12-24-9-10-25-13)8-6-14-5-7-17(26-14)15-3-1-2-4-16(15)20(22)23/h1-8,13H,9-12H2,(H,19,21). The molecule has 26 heavy (non-hydrogen) atoms. The van der Waals surface area contributed by atoms with E-state index < -0.39 is 4.92 Å². The SMILES string of the molecule is O=C(C=Cc1ccc(-c2ccccc2[N+](=O)[O-])s1)NCC1COCCO1. The molecule has 1 aromatic carbocycles. The minimum absolute atomic E-state index is 0.0670. The third-order valence-corrected chi connectivity index (χ3v) is 4.86. The molecule has 136 valence electrons. The Morgan fingerprint density at radius 3 is 2.92 bits per heavy atom. The van der Waals surface area contributed by atoms with Gasteiger partial charge in [-0.15, -0.1) is 11.3 Å². The van der Waals surface area contributed by atoms with E-state index in [-0.39, 0.29) is 17.7 Å². The van der Waals surface area contributed by atoms with Gasteiger partial charge in [0.05, 0.1) is 36.4 Å². The molecular formula is C18H18N2O5S. The van der Waals surface area contributed by atoms with Crippen molar-refractivity contribution in [2.75, 3.05) is 26.4 Å². The Labute approximate surface area is 154 Å². The van der Waals surface area contributed by atoms with Crippen LogP contribution in [0.3, 0.4) is 0 Å². The van der Waals surface area contributed by atoms with Gasteiger partial charge < -0.3 is 14.8 Å². The molecule has 1 aliphatic rings. The molecule has 1 amide bonds. The maximum atomic E-state index is 11.9. The third-order valence-electron chi connectivity index (χ3n) is 3.78. The number of carbonyl (C=O) groups excluding carboxylic acids is 1. The Morgan fingerprint density at radius 2 is 2.15 bits per heavy atom. The molecule has 8 heteroatoms. The number of ether oxygens (including phenoxy) is 2. The first-order valence-electron chi connectivity index (χ1n) is 8.12. The van der Waals surface area contributed by atoms with Crippen LogP contribution >= 0.6 is 11.3 Å². The summed E-state index contributed by atoms with van der Waals surface area (Å²) in [6.45, 7) is 2.01. The van der Waals surface area contributed by atoms with Crippen LogP contribution in [0.1, 0.15) is 4.88 Å². The average Bonchev–Trinajstić information content (AvgIpc) is 3.14. The van der Waals surface area contributed by atoms with Crippen molar-refractivity contribution in [2.45, 2.75) is 6.10 Å². The van der Waals surface area contributed by atoms with Crippen LogP contribution in [-0.4, -0.2) is 43.3 Å². The van der Waals surface area contributed by atoms with E-state index in [1.54, 1.807) is 24.3 Å². The number of nitro groups is 1. The largest absolute Gasteiger partial charge is 0.376 e. The summed E-state index contributed by atoms with van der Waals surface area (Å²) in [6, 6.07) is 10.3. The number of hydrogen-bond acceptors (Lipinski definition) is 6. The smallest absolute Gasteiger partial charge is 0.278 e. The molecule has 1 saturated heterocycles. The maximum Gasteiger partial charge on any atom is 0.278 e. The quantitative estimate of drug-likeness (QED) is 0.477. The van der Waals surface area contributed by atoms with Crippen LogP contribution in [0, 0.1) is 10.1 Å². The first kappa shape index (κ1) is 18.2. The molecule has 7 nitrogen and oxygen atoms in total. The van der Waals surface area contributed by atoms with Gasteiger partial charge in [-0.25, -0.2) is 0 Å². The highest BCUT2D eigenvalue weighted by Gasteiger charge is 2.16. The maximum absolute atomic E-state index is 11.9. The molecule has 2 heterocycles. The topological polar surface area (TPSA) is 90.7 Å². The molecule has 1 fully saturated rings. The van der Waals surface area contributed by atoms with Crippen LogP contribution in [0.15, 0.2) is 42.5 Å². The van der Waals surface area contributed by atoms with Gasteiger partial charge in [-0.3, -0.25) is 14.9 Å². The van der Waals surface area contributed by atoms with E-state index in [1.165, 1.54) is 23.5 Å². The number of thiophene rings is 1. The second-order valence-corrected chi connectivity index (χ2v) is 6.74. The zero-order valence-electron chi connectivity index (χ0n) is 13.9. The number of para-hydroxylation sites is 1. The number of amides is 1. The van der Waals surface area contributed by atoms with Crippen LogP contribution in [0.5, 0.6) is 0 Å². The van der Waals surface area contributed by atoms with E-state index in [0.29, 0.717) is 31.9 Å². The van der Waals surface area contributed by atoms with Gasteiger partial charge in [-0.05, 0) is 24.3 Å². The van der Waals surface area contributed by atoms with Crippen LogP contribution < -0.4 is 5.32 Å². The summed E-state index contributed by atoms with van der Waals surface area (Å²) < 4.78 is 10.7. The molecule has 2 aromatic rings. The molecule has 1 aromatic heterocycles. The van der Waals surface area contributed by atoms with Gasteiger partial charge in [-0.2, -0.15) is 0 Å². The number of benzene rings is 1. The molecule has 0 spiro atoms. The third kappa shape index (κ3) is 4.75. The van der Waals surface area contributed by atoms with E-state index >= 15 is 0 Å². The van der Waals surface area contributed by atoms with Crippen molar-refractivity contribution in [3.8, 4) is 10.4 Å². The van der Waals surface area contributed by atoms with Gasteiger partial charge in [-0.1, -0.05) is 12.1 Å². The lowest BCUT2D eigenvalue weighted by Crippen LogP contribution is -2.39. The summed E-state index contributed by atoms with van der Waals surface area (Å²) in [5.74, 6) is -0.222. The average molecular weight is 374 g/mol. The predicted octanol–water partition coefficient (Wildman–Crippen LogP) is 2.87. The van der Waals surface area contributed by atoms with E-state index in [9.17, 15) is 14.9 Å². The summed E-state index contributed by atoms with van der Waals surface area (Å²) in [6.07, 6.45) is 3.02. The Kier molecular flexibility index (Phi) is 6.11. The zero-order chi connectivity index (χ0) is 18.4. The summed E-state index contributed by atoms with van der Waals surface area (Å²) in [5.41, 5.74) is 0.637. The number of rotatable bonds is 6. The molecule has 0 radical (unpaired) electrons. The molecule has 1 unspecified atom stereocenters. The van der Waals surface area contributed by atoms with E-state index in [1.807, 2.05) is 12.1 Å². The Morgan fingerprint density at radius 1 is 1.31 bits per heavy atom. The molecule has 0 bridgehead atoms. The molecule has 3 rings (SSSR count). The van der Waals surface area contributed by atoms with Crippen LogP contribution in [-0.2, 0) is 14.3 Å². The van der Waals surface area contributed by atoms with Gasteiger partial charge in [0.25, 0.3) is 5.69 Å². The van der Waals surface area contributed by atoms with Crippen molar-refractivity contribution >= 4 is 29.0 Å². The van der Waals surface area contributed by atoms with Gasteiger partial charge in [0, 0.05) is 28.4 Å².